The van der Waals surface area contributed by atoms with Crippen molar-refractivity contribution in [1.29, 1.82) is 5.26 Å². The summed E-state index contributed by atoms with van der Waals surface area (Å²) in [5.74, 6) is -0.0553. The lowest BCUT2D eigenvalue weighted by Crippen LogP contribution is -2.52. The number of nitrogens with one attached hydrogen (secondary N) is 2. The van der Waals surface area contributed by atoms with E-state index in [-0.39, 0.29) is 30.6 Å². The van der Waals surface area contributed by atoms with Crippen LogP contribution in [0.25, 0.3) is 10.9 Å². The van der Waals surface area contributed by atoms with Crippen LogP contribution in [0.5, 0.6) is 0 Å². The Morgan fingerprint density at radius 2 is 2.11 bits per heavy atom. The minimum atomic E-state index is -0.624. The zero-order chi connectivity index (χ0) is 28.0. The highest BCUT2D eigenvalue weighted by Gasteiger charge is 2.37. The molecule has 202 valence electrons. The number of hydrogen-bond donors (Lipinski definition) is 2. The van der Waals surface area contributed by atoms with Crippen molar-refractivity contribution in [3.63, 3.8) is 0 Å². The Morgan fingerprint density at radius 3 is 2.76 bits per heavy atom. The second-order valence-corrected chi connectivity index (χ2v) is 10.7. The Kier molecular flexibility index (Phi) is 9.13. The molecule has 0 bridgehead atoms. The molecule has 1 aromatic heterocycles. The number of hydrogen-bond acceptors (Lipinski definition) is 7. The van der Waals surface area contributed by atoms with Crippen LogP contribution in [-0.4, -0.2) is 65.4 Å². The van der Waals surface area contributed by atoms with E-state index < -0.39 is 11.7 Å². The quantitative estimate of drug-likeness (QED) is 0.456. The molecule has 2 amide bonds. The van der Waals surface area contributed by atoms with Gasteiger partial charge in [0.15, 0.2) is 0 Å². The first-order chi connectivity index (χ1) is 17.9. The SMILES string of the molecule is C=CC(=C)CN[C@H](C)CN(c1ccc(C#N)c2ncccc12)C(C)N1CC(NC(=O)OC(C)(C)C)CC1=O. The predicted molar refractivity (Wildman–Crippen MR) is 150 cm³/mol. The molecule has 2 N–H and O–H groups in total. The molecule has 2 heterocycles. The lowest BCUT2D eigenvalue weighted by molar-refractivity contribution is -0.129. The van der Waals surface area contributed by atoms with Crippen molar-refractivity contribution in [2.75, 3.05) is 24.5 Å². The molecule has 0 spiro atoms. The number of carbonyl (C=O) groups is 2. The first-order valence-corrected chi connectivity index (χ1v) is 12.8. The van der Waals surface area contributed by atoms with Crippen molar-refractivity contribution in [1.82, 2.24) is 20.5 Å². The standard InChI is InChI=1S/C29H38N6O3/c1-8-19(2)16-32-20(3)17-34(25-12-11-22(15-30)27-24(25)10-9-13-31-27)21(4)35-18-23(14-26(35)36)33-28(37)38-29(5,6)7/h8-13,20-21,23,32H,1-2,14,16-18H2,3-7H3,(H,33,37)/t20-,21?,23?/m1/s1. The van der Waals surface area contributed by atoms with Gasteiger partial charge in [0, 0.05) is 49.4 Å². The van der Waals surface area contributed by atoms with Gasteiger partial charge in [-0.15, -0.1) is 0 Å². The lowest BCUT2D eigenvalue weighted by atomic mass is 10.1. The fourth-order valence-corrected chi connectivity index (χ4v) is 4.52. The number of amides is 2. The van der Waals surface area contributed by atoms with Gasteiger partial charge in [0.1, 0.15) is 17.8 Å². The van der Waals surface area contributed by atoms with Gasteiger partial charge in [0.05, 0.1) is 17.1 Å². The number of ether oxygens (including phenoxy) is 1. The summed E-state index contributed by atoms with van der Waals surface area (Å²) in [4.78, 5) is 33.9. The van der Waals surface area contributed by atoms with Crippen LogP contribution < -0.4 is 15.5 Å². The van der Waals surface area contributed by atoms with Gasteiger partial charge in [-0.2, -0.15) is 5.26 Å². The Morgan fingerprint density at radius 1 is 1.37 bits per heavy atom. The zero-order valence-corrected chi connectivity index (χ0v) is 23.0. The van der Waals surface area contributed by atoms with E-state index >= 15 is 0 Å². The van der Waals surface area contributed by atoms with Gasteiger partial charge >= 0.3 is 6.09 Å². The number of carbonyl (C=O) groups excluding carboxylic acids is 2. The molecule has 1 fully saturated rings. The van der Waals surface area contributed by atoms with Gasteiger partial charge in [0.25, 0.3) is 0 Å². The molecule has 38 heavy (non-hydrogen) atoms. The predicted octanol–water partition coefficient (Wildman–Crippen LogP) is 4.10. The molecule has 1 saturated heterocycles. The normalized spacial score (nSPS) is 17.0. The Hall–Kier alpha value is -3.90. The van der Waals surface area contributed by atoms with E-state index in [4.69, 9.17) is 4.74 Å². The summed E-state index contributed by atoms with van der Waals surface area (Å²) in [5.41, 5.74) is 2.23. The van der Waals surface area contributed by atoms with E-state index in [2.05, 4.69) is 46.7 Å². The fourth-order valence-electron chi connectivity index (χ4n) is 4.52. The molecule has 0 aliphatic carbocycles. The number of aromatic nitrogens is 1. The molecule has 3 atom stereocenters. The molecule has 1 aliphatic heterocycles. The van der Waals surface area contributed by atoms with Crippen molar-refractivity contribution in [2.24, 2.45) is 0 Å². The van der Waals surface area contributed by atoms with Gasteiger partial charge in [-0.05, 0) is 64.5 Å². The third kappa shape index (κ3) is 7.11. The molecule has 3 rings (SSSR count). The molecular formula is C29H38N6O3. The molecule has 1 aliphatic rings. The zero-order valence-electron chi connectivity index (χ0n) is 23.0. The van der Waals surface area contributed by atoms with Crippen LogP contribution >= 0.6 is 0 Å². The summed E-state index contributed by atoms with van der Waals surface area (Å²) in [6.45, 7) is 18.7. The summed E-state index contributed by atoms with van der Waals surface area (Å²) >= 11 is 0. The van der Waals surface area contributed by atoms with Crippen LogP contribution in [0.2, 0.25) is 0 Å². The topological polar surface area (TPSA) is 111 Å². The number of nitriles is 1. The van der Waals surface area contributed by atoms with Gasteiger partial charge in [-0.25, -0.2) is 4.79 Å². The highest BCUT2D eigenvalue weighted by Crippen LogP contribution is 2.31. The largest absolute Gasteiger partial charge is 0.444 e. The maximum atomic E-state index is 13.1. The fraction of sp³-hybridized carbons (Fsp3) is 0.448. The van der Waals surface area contributed by atoms with Crippen LogP contribution in [0.15, 0.2) is 55.3 Å². The first-order valence-electron chi connectivity index (χ1n) is 12.8. The molecule has 0 saturated carbocycles. The van der Waals surface area contributed by atoms with Crippen LogP contribution in [0, 0.1) is 11.3 Å². The van der Waals surface area contributed by atoms with Gasteiger partial charge in [-0.1, -0.05) is 19.2 Å². The Labute approximate surface area is 225 Å². The Bertz CT molecular complexity index is 1250. The first kappa shape index (κ1) is 28.7. The number of rotatable bonds is 10. The number of nitrogens with zero attached hydrogens (tertiary/aromatic N) is 4. The molecule has 0 radical (unpaired) electrons. The van der Waals surface area contributed by atoms with Crippen molar-refractivity contribution >= 4 is 28.6 Å². The minimum Gasteiger partial charge on any atom is -0.444 e. The summed E-state index contributed by atoms with van der Waals surface area (Å²) in [7, 11) is 0. The third-order valence-electron chi connectivity index (χ3n) is 6.39. The van der Waals surface area contributed by atoms with E-state index in [1.807, 2.05) is 25.1 Å². The number of alkyl carbamates (subject to hydrolysis) is 1. The van der Waals surface area contributed by atoms with Crippen LogP contribution in [0.4, 0.5) is 10.5 Å². The van der Waals surface area contributed by atoms with Crippen LogP contribution in [-0.2, 0) is 9.53 Å². The van der Waals surface area contributed by atoms with Crippen LogP contribution in [0.3, 0.4) is 0 Å². The molecule has 2 unspecified atom stereocenters. The summed E-state index contributed by atoms with van der Waals surface area (Å²) in [6.07, 6.45) is 2.71. The smallest absolute Gasteiger partial charge is 0.407 e. The lowest BCUT2D eigenvalue weighted by Gasteiger charge is -2.39. The highest BCUT2D eigenvalue weighted by atomic mass is 16.6. The monoisotopic (exact) mass is 518 g/mol. The average molecular weight is 519 g/mol. The van der Waals surface area contributed by atoms with Gasteiger partial charge < -0.3 is 25.2 Å². The number of anilines is 1. The van der Waals surface area contributed by atoms with Crippen molar-refractivity contribution in [3.8, 4) is 6.07 Å². The second-order valence-electron chi connectivity index (χ2n) is 10.7. The van der Waals surface area contributed by atoms with Crippen molar-refractivity contribution in [3.05, 3.63) is 60.8 Å². The van der Waals surface area contributed by atoms with E-state index in [0.717, 1.165) is 16.6 Å². The maximum absolute atomic E-state index is 13.1. The molecular weight excluding hydrogens is 480 g/mol. The highest BCUT2D eigenvalue weighted by molar-refractivity contribution is 5.95. The minimum absolute atomic E-state index is 0.0323. The number of pyridine rings is 1. The average Bonchev–Trinajstić information content (AvgIpc) is 3.23. The van der Waals surface area contributed by atoms with E-state index in [1.54, 1.807) is 44.0 Å². The van der Waals surface area contributed by atoms with E-state index in [9.17, 15) is 14.9 Å². The summed E-state index contributed by atoms with van der Waals surface area (Å²) in [5, 5.41) is 16.7. The molecule has 1 aromatic carbocycles. The van der Waals surface area contributed by atoms with E-state index in [0.29, 0.717) is 30.7 Å². The molecule has 2 aromatic rings. The second kappa shape index (κ2) is 12.1. The molecule has 9 heteroatoms. The summed E-state index contributed by atoms with van der Waals surface area (Å²) < 4.78 is 5.38. The number of likely N-dealkylation sites (tertiary alicyclic amines) is 1. The number of benzene rings is 1. The summed E-state index contributed by atoms with van der Waals surface area (Å²) in [6, 6.07) is 9.35. The van der Waals surface area contributed by atoms with Gasteiger partial charge in [0.2, 0.25) is 5.91 Å². The Balaban J connectivity index is 1.90. The molecule has 9 nitrogen and oxygen atoms in total. The van der Waals surface area contributed by atoms with E-state index in [1.165, 1.54) is 0 Å². The van der Waals surface area contributed by atoms with Crippen molar-refractivity contribution < 1.29 is 14.3 Å². The van der Waals surface area contributed by atoms with Gasteiger partial charge in [-0.3, -0.25) is 9.78 Å². The third-order valence-corrected chi connectivity index (χ3v) is 6.39. The maximum Gasteiger partial charge on any atom is 0.407 e. The van der Waals surface area contributed by atoms with Crippen LogP contribution in [0.1, 0.15) is 46.6 Å². The van der Waals surface area contributed by atoms with Crippen molar-refractivity contribution in [2.45, 2.75) is 64.9 Å². The number of fused-ring (bicyclic) bond motifs is 1.